The van der Waals surface area contributed by atoms with Gasteiger partial charge in [-0.3, -0.25) is 9.59 Å². The molecule has 0 aliphatic rings. The zero-order valence-corrected chi connectivity index (χ0v) is 8.99. The second-order valence-electron chi connectivity index (χ2n) is 3.46. The zero-order valence-electron chi connectivity index (χ0n) is 8.99. The van der Waals surface area contributed by atoms with Crippen LogP contribution in [0.1, 0.15) is 22.3 Å². The lowest BCUT2D eigenvalue weighted by atomic mass is 10.1. The summed E-state index contributed by atoms with van der Waals surface area (Å²) in [5.74, 6) is -1.32. The number of nitrogens with two attached hydrogens (primary N) is 1. The number of hydrogen-bond acceptors (Lipinski definition) is 3. The quantitative estimate of drug-likeness (QED) is 0.692. The molecule has 0 bridgehead atoms. The summed E-state index contributed by atoms with van der Waals surface area (Å²) >= 11 is 0. The third-order valence-corrected chi connectivity index (χ3v) is 2.17. The summed E-state index contributed by atoms with van der Waals surface area (Å²) in [4.78, 5) is 21.2. The first-order valence-corrected chi connectivity index (χ1v) is 4.87. The molecule has 4 N–H and O–H groups in total. The Hall–Kier alpha value is -2.04. The topological polar surface area (TPSA) is 92.4 Å². The van der Waals surface area contributed by atoms with E-state index in [1.807, 2.05) is 6.92 Å². The van der Waals surface area contributed by atoms with Crippen molar-refractivity contribution in [1.82, 2.24) is 0 Å². The standard InChI is InChI=1S/C11H14N2O3/c1-7-6-8(11(12)16)2-3-9(7)13-5-4-10(14)15/h2-3,6,13H,4-5H2,1H3,(H2,12,16)(H,14,15). The Labute approximate surface area is 93.3 Å². The average Bonchev–Trinajstić information content (AvgIpc) is 2.19. The summed E-state index contributed by atoms with van der Waals surface area (Å²) in [6.45, 7) is 2.18. The van der Waals surface area contributed by atoms with Gasteiger partial charge in [-0.15, -0.1) is 0 Å². The van der Waals surface area contributed by atoms with Crippen LogP contribution in [-0.2, 0) is 4.79 Å². The van der Waals surface area contributed by atoms with Gasteiger partial charge in [0.2, 0.25) is 5.91 Å². The van der Waals surface area contributed by atoms with Gasteiger partial charge >= 0.3 is 5.97 Å². The number of benzene rings is 1. The highest BCUT2D eigenvalue weighted by molar-refractivity contribution is 5.93. The lowest BCUT2D eigenvalue weighted by Crippen LogP contribution is -2.12. The third kappa shape index (κ3) is 3.27. The SMILES string of the molecule is Cc1cc(C(N)=O)ccc1NCCC(=O)O. The van der Waals surface area contributed by atoms with Gasteiger partial charge in [-0.25, -0.2) is 0 Å². The van der Waals surface area contributed by atoms with Crippen LogP contribution in [0.3, 0.4) is 0 Å². The van der Waals surface area contributed by atoms with Crippen LogP contribution in [0.15, 0.2) is 18.2 Å². The van der Waals surface area contributed by atoms with E-state index in [0.29, 0.717) is 12.1 Å². The second-order valence-corrected chi connectivity index (χ2v) is 3.46. The molecule has 0 heterocycles. The Morgan fingerprint density at radius 3 is 2.62 bits per heavy atom. The minimum absolute atomic E-state index is 0.0526. The van der Waals surface area contributed by atoms with Crippen molar-refractivity contribution in [1.29, 1.82) is 0 Å². The molecule has 0 saturated heterocycles. The van der Waals surface area contributed by atoms with Crippen LogP contribution >= 0.6 is 0 Å². The van der Waals surface area contributed by atoms with E-state index < -0.39 is 11.9 Å². The molecule has 0 radical (unpaired) electrons. The van der Waals surface area contributed by atoms with Crippen LogP contribution in [0.25, 0.3) is 0 Å². The molecule has 1 aromatic rings. The monoisotopic (exact) mass is 222 g/mol. The number of aryl methyl sites for hydroxylation is 1. The molecular formula is C11H14N2O3. The fourth-order valence-electron chi connectivity index (χ4n) is 1.32. The number of anilines is 1. The fraction of sp³-hybridized carbons (Fsp3) is 0.273. The smallest absolute Gasteiger partial charge is 0.305 e. The van der Waals surface area contributed by atoms with E-state index in [2.05, 4.69) is 5.32 Å². The highest BCUT2D eigenvalue weighted by atomic mass is 16.4. The third-order valence-electron chi connectivity index (χ3n) is 2.17. The van der Waals surface area contributed by atoms with Gasteiger partial charge in [0, 0.05) is 17.8 Å². The van der Waals surface area contributed by atoms with Crippen molar-refractivity contribution < 1.29 is 14.7 Å². The number of carbonyl (C=O) groups excluding carboxylic acids is 1. The van der Waals surface area contributed by atoms with Crippen molar-refractivity contribution in [2.75, 3.05) is 11.9 Å². The molecule has 1 rings (SSSR count). The van der Waals surface area contributed by atoms with Crippen LogP contribution in [0.2, 0.25) is 0 Å². The summed E-state index contributed by atoms with van der Waals surface area (Å²) in [7, 11) is 0. The van der Waals surface area contributed by atoms with Crippen LogP contribution in [0, 0.1) is 6.92 Å². The maximum Gasteiger partial charge on any atom is 0.305 e. The molecule has 0 fully saturated rings. The first-order valence-electron chi connectivity index (χ1n) is 4.87. The number of hydrogen-bond donors (Lipinski definition) is 3. The lowest BCUT2D eigenvalue weighted by molar-refractivity contribution is -0.136. The Morgan fingerprint density at radius 1 is 1.44 bits per heavy atom. The second kappa shape index (κ2) is 5.16. The molecule has 0 atom stereocenters. The average molecular weight is 222 g/mol. The predicted molar refractivity (Wildman–Crippen MR) is 60.4 cm³/mol. The van der Waals surface area contributed by atoms with E-state index in [4.69, 9.17) is 10.8 Å². The van der Waals surface area contributed by atoms with Gasteiger partial charge in [0.1, 0.15) is 0 Å². The maximum atomic E-state index is 10.9. The number of carboxylic acid groups (broad SMARTS) is 1. The van der Waals surface area contributed by atoms with E-state index in [9.17, 15) is 9.59 Å². The summed E-state index contributed by atoms with van der Waals surface area (Å²) in [5.41, 5.74) is 7.26. The van der Waals surface area contributed by atoms with Crippen molar-refractivity contribution >= 4 is 17.6 Å². The normalized spacial score (nSPS) is 9.81. The molecule has 0 aliphatic heterocycles. The molecule has 1 aromatic carbocycles. The van der Waals surface area contributed by atoms with Crippen LogP contribution in [0.4, 0.5) is 5.69 Å². The molecule has 16 heavy (non-hydrogen) atoms. The summed E-state index contributed by atoms with van der Waals surface area (Å²) < 4.78 is 0. The van der Waals surface area contributed by atoms with Crippen molar-refractivity contribution in [2.45, 2.75) is 13.3 Å². The van der Waals surface area contributed by atoms with Crippen molar-refractivity contribution in [3.8, 4) is 0 Å². The first kappa shape index (κ1) is 12.0. The molecule has 0 aromatic heterocycles. The Bertz CT molecular complexity index is 416. The lowest BCUT2D eigenvalue weighted by Gasteiger charge is -2.09. The number of carboxylic acids is 1. The number of rotatable bonds is 5. The molecule has 0 spiro atoms. The summed E-state index contributed by atoms with van der Waals surface area (Å²) in [6, 6.07) is 5.00. The van der Waals surface area contributed by atoms with E-state index in [0.717, 1.165) is 11.3 Å². The highest BCUT2D eigenvalue weighted by Gasteiger charge is 2.04. The predicted octanol–water partition coefficient (Wildman–Crippen LogP) is 0.981. The maximum absolute atomic E-state index is 10.9. The van der Waals surface area contributed by atoms with E-state index in [1.54, 1.807) is 18.2 Å². The Morgan fingerprint density at radius 2 is 2.12 bits per heavy atom. The van der Waals surface area contributed by atoms with Gasteiger partial charge in [0.15, 0.2) is 0 Å². The van der Waals surface area contributed by atoms with Crippen molar-refractivity contribution in [2.24, 2.45) is 5.73 Å². The minimum atomic E-state index is -0.848. The Kier molecular flexibility index (Phi) is 3.88. The molecule has 5 heteroatoms. The largest absolute Gasteiger partial charge is 0.481 e. The Balaban J connectivity index is 2.68. The van der Waals surface area contributed by atoms with Gasteiger partial charge in [-0.2, -0.15) is 0 Å². The molecule has 0 unspecified atom stereocenters. The van der Waals surface area contributed by atoms with Crippen molar-refractivity contribution in [3.05, 3.63) is 29.3 Å². The van der Waals surface area contributed by atoms with Crippen molar-refractivity contribution in [3.63, 3.8) is 0 Å². The first-order chi connectivity index (χ1) is 7.50. The van der Waals surface area contributed by atoms with Gasteiger partial charge in [0.25, 0.3) is 0 Å². The van der Waals surface area contributed by atoms with Crippen LogP contribution in [0.5, 0.6) is 0 Å². The summed E-state index contributed by atoms with van der Waals surface area (Å²) in [6.07, 6.45) is 0.0526. The number of carbonyl (C=O) groups is 2. The van der Waals surface area contributed by atoms with Crippen LogP contribution < -0.4 is 11.1 Å². The van der Waals surface area contributed by atoms with E-state index in [-0.39, 0.29) is 6.42 Å². The van der Waals surface area contributed by atoms with Gasteiger partial charge in [0.05, 0.1) is 6.42 Å². The number of nitrogens with one attached hydrogen (secondary N) is 1. The zero-order chi connectivity index (χ0) is 12.1. The highest BCUT2D eigenvalue weighted by Crippen LogP contribution is 2.16. The van der Waals surface area contributed by atoms with E-state index >= 15 is 0 Å². The molecular weight excluding hydrogens is 208 g/mol. The number of primary amides is 1. The van der Waals surface area contributed by atoms with E-state index in [1.165, 1.54) is 0 Å². The molecule has 86 valence electrons. The molecule has 1 amide bonds. The number of amides is 1. The molecule has 0 aliphatic carbocycles. The number of aliphatic carboxylic acids is 1. The summed E-state index contributed by atoms with van der Waals surface area (Å²) in [5, 5.41) is 11.5. The van der Waals surface area contributed by atoms with Gasteiger partial charge < -0.3 is 16.2 Å². The van der Waals surface area contributed by atoms with Crippen LogP contribution in [-0.4, -0.2) is 23.5 Å². The van der Waals surface area contributed by atoms with Gasteiger partial charge in [-0.05, 0) is 30.7 Å². The molecule has 5 nitrogen and oxygen atoms in total. The minimum Gasteiger partial charge on any atom is -0.481 e. The molecule has 0 saturated carbocycles. The fourth-order valence-corrected chi connectivity index (χ4v) is 1.32. The van der Waals surface area contributed by atoms with Gasteiger partial charge in [-0.1, -0.05) is 0 Å².